The lowest BCUT2D eigenvalue weighted by molar-refractivity contribution is 0.0526. The molecule has 1 unspecified atom stereocenters. The molecule has 0 aromatic heterocycles. The molecule has 0 aliphatic rings. The second-order valence-corrected chi connectivity index (χ2v) is 6.05. The average Bonchev–Trinajstić information content (AvgIpc) is 2.61. The molecule has 2 aromatic rings. The second-order valence-electron chi connectivity index (χ2n) is 6.05. The monoisotopic (exact) mass is 327 g/mol. The Hall–Kier alpha value is -2.33. The maximum absolute atomic E-state index is 12.2. The molecule has 0 radical (unpaired) electrons. The van der Waals surface area contributed by atoms with Crippen molar-refractivity contribution < 1.29 is 14.6 Å². The van der Waals surface area contributed by atoms with Gasteiger partial charge in [-0.3, -0.25) is 4.79 Å². The third-order valence-electron chi connectivity index (χ3n) is 3.87. The van der Waals surface area contributed by atoms with Crippen LogP contribution in [0.3, 0.4) is 0 Å². The van der Waals surface area contributed by atoms with E-state index in [4.69, 9.17) is 4.74 Å². The largest absolute Gasteiger partial charge is 0.494 e. The van der Waals surface area contributed by atoms with E-state index >= 15 is 0 Å². The van der Waals surface area contributed by atoms with Crippen molar-refractivity contribution in [1.29, 1.82) is 0 Å². The van der Waals surface area contributed by atoms with Crippen LogP contribution in [0.4, 0.5) is 0 Å². The van der Waals surface area contributed by atoms with Gasteiger partial charge in [-0.1, -0.05) is 43.7 Å². The molecule has 0 aliphatic carbocycles. The minimum atomic E-state index is -1.11. The summed E-state index contributed by atoms with van der Waals surface area (Å²) in [6, 6.07) is 16.3. The van der Waals surface area contributed by atoms with Gasteiger partial charge in [0.1, 0.15) is 11.4 Å². The van der Waals surface area contributed by atoms with Crippen LogP contribution in [0, 0.1) is 0 Å². The lowest BCUT2D eigenvalue weighted by atomic mass is 9.96. The molecule has 2 rings (SSSR count). The average molecular weight is 327 g/mol. The van der Waals surface area contributed by atoms with Crippen LogP contribution in [-0.4, -0.2) is 24.2 Å². The van der Waals surface area contributed by atoms with Crippen LogP contribution in [0.25, 0.3) is 0 Å². The van der Waals surface area contributed by atoms with Gasteiger partial charge in [-0.15, -0.1) is 0 Å². The van der Waals surface area contributed by atoms with Crippen molar-refractivity contribution in [1.82, 2.24) is 5.32 Å². The summed E-state index contributed by atoms with van der Waals surface area (Å²) in [6.07, 6.45) is 2.10. The Morgan fingerprint density at radius 3 is 2.42 bits per heavy atom. The van der Waals surface area contributed by atoms with Crippen molar-refractivity contribution >= 4 is 5.91 Å². The highest BCUT2D eigenvalue weighted by Crippen LogP contribution is 2.19. The molecule has 0 saturated carbocycles. The Morgan fingerprint density at radius 2 is 1.79 bits per heavy atom. The SMILES string of the molecule is CCCCOc1ccc(C(=O)NCC(C)(O)c2ccccc2)cc1. The Kier molecular flexibility index (Phi) is 6.38. The molecule has 0 heterocycles. The molecule has 0 bridgehead atoms. The van der Waals surface area contributed by atoms with E-state index in [0.29, 0.717) is 12.2 Å². The zero-order valence-corrected chi connectivity index (χ0v) is 14.3. The minimum Gasteiger partial charge on any atom is -0.494 e. The Bertz CT molecular complexity index is 636. The summed E-state index contributed by atoms with van der Waals surface area (Å²) < 4.78 is 5.58. The molecular formula is C20H25NO3. The predicted octanol–water partition coefficient (Wildman–Crippen LogP) is 3.50. The number of amides is 1. The van der Waals surface area contributed by atoms with Crippen molar-refractivity contribution in [3.05, 3.63) is 65.7 Å². The predicted molar refractivity (Wildman–Crippen MR) is 95.2 cm³/mol. The lowest BCUT2D eigenvalue weighted by Gasteiger charge is -2.24. The van der Waals surface area contributed by atoms with E-state index in [0.717, 1.165) is 24.2 Å². The number of nitrogens with one attached hydrogen (secondary N) is 1. The van der Waals surface area contributed by atoms with Crippen LogP contribution in [0.2, 0.25) is 0 Å². The summed E-state index contributed by atoms with van der Waals surface area (Å²) >= 11 is 0. The molecule has 1 amide bonds. The van der Waals surface area contributed by atoms with Gasteiger partial charge in [-0.2, -0.15) is 0 Å². The molecule has 0 saturated heterocycles. The van der Waals surface area contributed by atoms with Crippen LogP contribution in [0.1, 0.15) is 42.6 Å². The van der Waals surface area contributed by atoms with Gasteiger partial charge in [-0.25, -0.2) is 0 Å². The van der Waals surface area contributed by atoms with Crippen molar-refractivity contribution in [2.45, 2.75) is 32.3 Å². The van der Waals surface area contributed by atoms with Gasteiger partial charge < -0.3 is 15.2 Å². The highest BCUT2D eigenvalue weighted by molar-refractivity contribution is 5.94. The van der Waals surface area contributed by atoms with Crippen molar-refractivity contribution in [3.63, 3.8) is 0 Å². The first-order valence-corrected chi connectivity index (χ1v) is 8.32. The molecule has 4 nitrogen and oxygen atoms in total. The van der Waals surface area contributed by atoms with Crippen LogP contribution >= 0.6 is 0 Å². The summed E-state index contributed by atoms with van der Waals surface area (Å²) in [6.45, 7) is 4.63. The van der Waals surface area contributed by atoms with Crippen LogP contribution in [0.5, 0.6) is 5.75 Å². The maximum atomic E-state index is 12.2. The Labute approximate surface area is 143 Å². The molecule has 128 valence electrons. The molecule has 0 aliphatic heterocycles. The number of hydrogen-bond donors (Lipinski definition) is 2. The Morgan fingerprint density at radius 1 is 1.12 bits per heavy atom. The van der Waals surface area contributed by atoms with Gasteiger partial charge in [0.05, 0.1) is 13.2 Å². The Balaban J connectivity index is 1.90. The van der Waals surface area contributed by atoms with Crippen molar-refractivity contribution in [2.75, 3.05) is 13.2 Å². The van der Waals surface area contributed by atoms with E-state index in [1.165, 1.54) is 0 Å². The second kappa shape index (κ2) is 8.50. The molecular weight excluding hydrogens is 302 g/mol. The quantitative estimate of drug-likeness (QED) is 0.730. The molecule has 2 aromatic carbocycles. The van der Waals surface area contributed by atoms with E-state index < -0.39 is 5.60 Å². The van der Waals surface area contributed by atoms with Crippen LogP contribution < -0.4 is 10.1 Å². The summed E-state index contributed by atoms with van der Waals surface area (Å²) in [5.41, 5.74) is 0.201. The smallest absolute Gasteiger partial charge is 0.251 e. The number of rotatable bonds is 8. The van der Waals surface area contributed by atoms with E-state index in [1.54, 1.807) is 31.2 Å². The highest BCUT2D eigenvalue weighted by Gasteiger charge is 2.23. The number of aliphatic hydroxyl groups is 1. The molecule has 2 N–H and O–H groups in total. The summed E-state index contributed by atoms with van der Waals surface area (Å²) in [5, 5.41) is 13.3. The van der Waals surface area contributed by atoms with Gasteiger partial charge in [-0.05, 0) is 43.2 Å². The van der Waals surface area contributed by atoms with Gasteiger partial charge >= 0.3 is 0 Å². The first-order valence-electron chi connectivity index (χ1n) is 8.32. The van der Waals surface area contributed by atoms with E-state index in [9.17, 15) is 9.90 Å². The third-order valence-corrected chi connectivity index (χ3v) is 3.87. The lowest BCUT2D eigenvalue weighted by Crippen LogP contribution is -2.38. The number of carbonyl (C=O) groups is 1. The summed E-state index contributed by atoms with van der Waals surface area (Å²) in [7, 11) is 0. The van der Waals surface area contributed by atoms with Gasteiger partial charge in [0.25, 0.3) is 5.91 Å². The van der Waals surface area contributed by atoms with Crippen LogP contribution in [-0.2, 0) is 5.60 Å². The maximum Gasteiger partial charge on any atom is 0.251 e. The van der Waals surface area contributed by atoms with E-state index in [1.807, 2.05) is 30.3 Å². The van der Waals surface area contributed by atoms with Gasteiger partial charge in [0.2, 0.25) is 0 Å². The number of hydrogen-bond acceptors (Lipinski definition) is 3. The molecule has 0 fully saturated rings. The fraction of sp³-hybridized carbons (Fsp3) is 0.350. The van der Waals surface area contributed by atoms with Gasteiger partial charge in [0, 0.05) is 5.56 Å². The van der Waals surface area contributed by atoms with Crippen molar-refractivity contribution in [3.8, 4) is 5.75 Å². The minimum absolute atomic E-state index is 0.143. The zero-order valence-electron chi connectivity index (χ0n) is 14.3. The standard InChI is InChI=1S/C20H25NO3/c1-3-4-14-24-18-12-10-16(11-13-18)19(22)21-15-20(2,23)17-8-6-5-7-9-17/h5-13,23H,3-4,14-15H2,1-2H3,(H,21,22). The number of benzene rings is 2. The first-order chi connectivity index (χ1) is 11.5. The number of unbranched alkanes of at least 4 members (excludes halogenated alkanes) is 1. The fourth-order valence-electron chi connectivity index (χ4n) is 2.29. The number of ether oxygens (including phenoxy) is 1. The first kappa shape index (κ1) is 18.0. The molecule has 1 atom stereocenters. The van der Waals surface area contributed by atoms with Crippen molar-refractivity contribution in [2.24, 2.45) is 0 Å². The molecule has 0 spiro atoms. The fourth-order valence-corrected chi connectivity index (χ4v) is 2.29. The summed E-state index contributed by atoms with van der Waals surface area (Å²) in [4.78, 5) is 12.2. The number of carbonyl (C=O) groups excluding carboxylic acids is 1. The zero-order chi connectivity index (χ0) is 17.4. The molecule has 24 heavy (non-hydrogen) atoms. The van der Waals surface area contributed by atoms with E-state index in [2.05, 4.69) is 12.2 Å². The molecule has 4 heteroatoms. The van der Waals surface area contributed by atoms with Crippen LogP contribution in [0.15, 0.2) is 54.6 Å². The normalized spacial score (nSPS) is 13.1. The third kappa shape index (κ3) is 5.10. The summed E-state index contributed by atoms with van der Waals surface area (Å²) in [5.74, 6) is 0.544. The van der Waals surface area contributed by atoms with E-state index in [-0.39, 0.29) is 12.5 Å². The highest BCUT2D eigenvalue weighted by atomic mass is 16.5. The van der Waals surface area contributed by atoms with Gasteiger partial charge in [0.15, 0.2) is 0 Å². The topological polar surface area (TPSA) is 58.6 Å².